The summed E-state index contributed by atoms with van der Waals surface area (Å²) in [5.41, 5.74) is 10.4. The Hall–Kier alpha value is -1.88. The molecule has 0 aliphatic carbocycles. The molecule has 5 heteroatoms. The van der Waals surface area contributed by atoms with Crippen LogP contribution in [0.2, 0.25) is 0 Å². The second-order valence-electron chi connectivity index (χ2n) is 3.76. The summed E-state index contributed by atoms with van der Waals surface area (Å²) in [6.07, 6.45) is 0. The van der Waals surface area contributed by atoms with Crippen molar-refractivity contribution in [3.05, 3.63) is 39.8 Å². The maximum Gasteiger partial charge on any atom is 0.267 e. The number of aromatic nitrogens is 1. The SMILES string of the molecule is Cc1cccc(N)c1NC(=O)c1scnc1C. The Morgan fingerprint density at radius 1 is 1.41 bits per heavy atom. The molecular weight excluding hydrogens is 234 g/mol. The maximum atomic E-state index is 12.0. The number of amides is 1. The molecule has 1 heterocycles. The largest absolute Gasteiger partial charge is 0.397 e. The average Bonchev–Trinajstić information content (AvgIpc) is 2.70. The second-order valence-corrected chi connectivity index (χ2v) is 4.61. The first-order valence-electron chi connectivity index (χ1n) is 5.16. The zero-order valence-electron chi connectivity index (χ0n) is 9.65. The number of carbonyl (C=O) groups excluding carboxylic acids is 1. The van der Waals surface area contributed by atoms with Crippen LogP contribution < -0.4 is 11.1 Å². The van der Waals surface area contributed by atoms with Crippen molar-refractivity contribution in [3.63, 3.8) is 0 Å². The molecule has 0 aliphatic heterocycles. The Bertz CT molecular complexity index is 542. The number of nitrogens with two attached hydrogens (primary N) is 1. The van der Waals surface area contributed by atoms with Crippen molar-refractivity contribution in [3.8, 4) is 0 Å². The smallest absolute Gasteiger partial charge is 0.267 e. The van der Waals surface area contributed by atoms with Crippen LogP contribution >= 0.6 is 11.3 Å². The molecule has 4 nitrogen and oxygen atoms in total. The zero-order chi connectivity index (χ0) is 12.4. The Morgan fingerprint density at radius 3 is 2.76 bits per heavy atom. The van der Waals surface area contributed by atoms with E-state index in [2.05, 4.69) is 10.3 Å². The fourth-order valence-corrected chi connectivity index (χ4v) is 2.25. The normalized spacial score (nSPS) is 10.2. The summed E-state index contributed by atoms with van der Waals surface area (Å²) < 4.78 is 0. The van der Waals surface area contributed by atoms with Crippen molar-refractivity contribution < 1.29 is 4.79 Å². The van der Waals surface area contributed by atoms with E-state index in [1.165, 1.54) is 11.3 Å². The van der Waals surface area contributed by atoms with Crippen LogP contribution in [0.4, 0.5) is 11.4 Å². The van der Waals surface area contributed by atoms with Crippen LogP contribution in [0.3, 0.4) is 0 Å². The van der Waals surface area contributed by atoms with Gasteiger partial charge in [-0.05, 0) is 25.5 Å². The van der Waals surface area contributed by atoms with Crippen LogP contribution in [0.15, 0.2) is 23.7 Å². The number of hydrogen-bond donors (Lipinski definition) is 2. The van der Waals surface area contributed by atoms with Gasteiger partial charge in [0, 0.05) is 0 Å². The lowest BCUT2D eigenvalue weighted by Gasteiger charge is -2.10. The molecule has 0 atom stereocenters. The minimum absolute atomic E-state index is 0.161. The van der Waals surface area contributed by atoms with E-state index in [4.69, 9.17) is 5.73 Å². The lowest BCUT2D eigenvalue weighted by molar-refractivity contribution is 0.103. The molecule has 0 spiro atoms. The summed E-state index contributed by atoms with van der Waals surface area (Å²) in [7, 11) is 0. The number of thiazole rings is 1. The molecule has 3 N–H and O–H groups in total. The standard InChI is InChI=1S/C12H13N3OS/c1-7-4-3-5-9(13)10(7)15-12(16)11-8(2)14-6-17-11/h3-6H,13H2,1-2H3,(H,15,16). The van der Waals surface area contributed by atoms with Crippen LogP contribution in [0, 0.1) is 13.8 Å². The van der Waals surface area contributed by atoms with Gasteiger partial charge in [-0.3, -0.25) is 4.79 Å². The minimum atomic E-state index is -0.161. The molecule has 17 heavy (non-hydrogen) atoms. The fourth-order valence-electron chi connectivity index (χ4n) is 1.55. The summed E-state index contributed by atoms with van der Waals surface area (Å²) >= 11 is 1.32. The number of nitrogens with one attached hydrogen (secondary N) is 1. The molecular formula is C12H13N3OS. The van der Waals surface area contributed by atoms with Gasteiger partial charge in [-0.1, -0.05) is 12.1 Å². The molecule has 1 aromatic carbocycles. The number of nitrogen functional groups attached to an aromatic ring is 1. The Morgan fingerprint density at radius 2 is 2.18 bits per heavy atom. The number of benzene rings is 1. The van der Waals surface area contributed by atoms with E-state index in [-0.39, 0.29) is 5.91 Å². The van der Waals surface area contributed by atoms with Crippen LogP contribution in [0.1, 0.15) is 20.9 Å². The highest BCUT2D eigenvalue weighted by Gasteiger charge is 2.13. The third-order valence-corrected chi connectivity index (χ3v) is 3.42. The van der Waals surface area contributed by atoms with Gasteiger partial charge in [0.2, 0.25) is 0 Å². The third kappa shape index (κ3) is 2.29. The van der Waals surface area contributed by atoms with Crippen LogP contribution in [-0.4, -0.2) is 10.9 Å². The van der Waals surface area contributed by atoms with Crippen molar-refractivity contribution in [2.24, 2.45) is 0 Å². The number of rotatable bonds is 2. The number of para-hydroxylation sites is 1. The predicted molar refractivity (Wildman–Crippen MR) is 70.4 cm³/mol. The zero-order valence-corrected chi connectivity index (χ0v) is 10.5. The van der Waals surface area contributed by atoms with Gasteiger partial charge in [0.15, 0.2) is 0 Å². The number of carbonyl (C=O) groups is 1. The van der Waals surface area contributed by atoms with E-state index >= 15 is 0 Å². The quantitative estimate of drug-likeness (QED) is 0.801. The highest BCUT2D eigenvalue weighted by molar-refractivity contribution is 7.12. The lowest BCUT2D eigenvalue weighted by atomic mass is 10.1. The van der Waals surface area contributed by atoms with Crippen LogP contribution in [0.25, 0.3) is 0 Å². The van der Waals surface area contributed by atoms with Gasteiger partial charge in [0.25, 0.3) is 5.91 Å². The average molecular weight is 247 g/mol. The molecule has 0 aliphatic rings. The molecule has 88 valence electrons. The molecule has 1 amide bonds. The Balaban J connectivity index is 2.28. The van der Waals surface area contributed by atoms with E-state index in [0.717, 1.165) is 11.3 Å². The van der Waals surface area contributed by atoms with Crippen molar-refractivity contribution in [1.29, 1.82) is 0 Å². The van der Waals surface area contributed by atoms with Crippen molar-refractivity contribution >= 4 is 28.6 Å². The van der Waals surface area contributed by atoms with Gasteiger partial charge in [0.05, 0.1) is 22.6 Å². The maximum absolute atomic E-state index is 12.0. The Labute approximate surface area is 103 Å². The van der Waals surface area contributed by atoms with E-state index in [0.29, 0.717) is 16.3 Å². The summed E-state index contributed by atoms with van der Waals surface area (Å²) in [4.78, 5) is 16.7. The second kappa shape index (κ2) is 4.55. The molecule has 2 rings (SSSR count). The molecule has 0 radical (unpaired) electrons. The van der Waals surface area contributed by atoms with Gasteiger partial charge < -0.3 is 11.1 Å². The molecule has 0 bridgehead atoms. The summed E-state index contributed by atoms with van der Waals surface area (Å²) in [5, 5.41) is 2.83. The number of nitrogens with zero attached hydrogens (tertiary/aromatic N) is 1. The first kappa shape index (κ1) is 11.6. The van der Waals surface area contributed by atoms with Gasteiger partial charge in [-0.15, -0.1) is 11.3 Å². The minimum Gasteiger partial charge on any atom is -0.397 e. The van der Waals surface area contributed by atoms with Gasteiger partial charge in [0.1, 0.15) is 4.88 Å². The van der Waals surface area contributed by atoms with Gasteiger partial charge >= 0.3 is 0 Å². The first-order chi connectivity index (χ1) is 8.09. The molecule has 0 saturated heterocycles. The van der Waals surface area contributed by atoms with Gasteiger partial charge in [-0.25, -0.2) is 4.98 Å². The highest BCUT2D eigenvalue weighted by atomic mass is 32.1. The first-order valence-corrected chi connectivity index (χ1v) is 6.04. The fraction of sp³-hybridized carbons (Fsp3) is 0.167. The summed E-state index contributed by atoms with van der Waals surface area (Å²) in [6.45, 7) is 3.72. The molecule has 0 unspecified atom stereocenters. The molecule has 0 fully saturated rings. The van der Waals surface area contributed by atoms with E-state index in [1.54, 1.807) is 11.6 Å². The third-order valence-electron chi connectivity index (χ3n) is 2.50. The topological polar surface area (TPSA) is 68.0 Å². The van der Waals surface area contributed by atoms with Crippen LogP contribution in [-0.2, 0) is 0 Å². The lowest BCUT2D eigenvalue weighted by Crippen LogP contribution is -2.13. The monoisotopic (exact) mass is 247 g/mol. The molecule has 2 aromatic rings. The van der Waals surface area contributed by atoms with Crippen molar-refractivity contribution in [1.82, 2.24) is 4.98 Å². The highest BCUT2D eigenvalue weighted by Crippen LogP contribution is 2.24. The van der Waals surface area contributed by atoms with Crippen molar-refractivity contribution in [2.45, 2.75) is 13.8 Å². The van der Waals surface area contributed by atoms with Gasteiger partial charge in [-0.2, -0.15) is 0 Å². The van der Waals surface area contributed by atoms with E-state index < -0.39 is 0 Å². The van der Waals surface area contributed by atoms with Crippen molar-refractivity contribution in [2.75, 3.05) is 11.1 Å². The molecule has 1 aromatic heterocycles. The van der Waals surface area contributed by atoms with E-state index in [1.807, 2.05) is 26.0 Å². The Kier molecular flexibility index (Phi) is 3.10. The molecule has 0 saturated carbocycles. The summed E-state index contributed by atoms with van der Waals surface area (Å²) in [6, 6.07) is 5.53. The predicted octanol–water partition coefficient (Wildman–Crippen LogP) is 2.59. The summed E-state index contributed by atoms with van der Waals surface area (Å²) in [5.74, 6) is -0.161. The van der Waals surface area contributed by atoms with Crippen LogP contribution in [0.5, 0.6) is 0 Å². The number of anilines is 2. The number of aryl methyl sites for hydroxylation is 2. The van der Waals surface area contributed by atoms with E-state index in [9.17, 15) is 4.79 Å². The number of hydrogen-bond acceptors (Lipinski definition) is 4.